The van der Waals surface area contributed by atoms with Crippen molar-refractivity contribution < 1.29 is 38.7 Å². The Kier molecular flexibility index (Phi) is 14.3. The molecule has 3 fully saturated rings. The highest BCUT2D eigenvalue weighted by Crippen LogP contribution is 2.40. The van der Waals surface area contributed by atoms with E-state index < -0.39 is 12.1 Å². The molecule has 0 amide bonds. The molecule has 0 bridgehead atoms. The van der Waals surface area contributed by atoms with Crippen molar-refractivity contribution in [2.24, 2.45) is 11.8 Å². The lowest BCUT2D eigenvalue weighted by Crippen LogP contribution is -2.31. The van der Waals surface area contributed by atoms with Crippen LogP contribution in [-0.2, 0) is 28.5 Å². The molecule has 0 aromatic carbocycles. The summed E-state index contributed by atoms with van der Waals surface area (Å²) in [5.74, 6) is -1.14. The van der Waals surface area contributed by atoms with Crippen molar-refractivity contribution in [2.75, 3.05) is 13.2 Å². The van der Waals surface area contributed by atoms with Gasteiger partial charge in [0.05, 0.1) is 18.3 Å². The summed E-state index contributed by atoms with van der Waals surface area (Å²) < 4.78 is 24.4. The predicted octanol–water partition coefficient (Wildman–Crippen LogP) is 5.55. The molecule has 1 aliphatic carbocycles. The minimum atomic E-state index is -0.840. The third-order valence-corrected chi connectivity index (χ3v) is 8.02. The molecule has 3 aliphatic rings. The van der Waals surface area contributed by atoms with E-state index in [0.29, 0.717) is 32.3 Å². The Bertz CT molecular complexity index is 713. The van der Waals surface area contributed by atoms with Gasteiger partial charge in [-0.25, -0.2) is 0 Å². The van der Waals surface area contributed by atoms with E-state index in [-0.39, 0.29) is 55.2 Å². The van der Waals surface area contributed by atoms with Gasteiger partial charge in [0.25, 0.3) is 0 Å². The minimum Gasteiger partial charge on any atom is -0.481 e. The summed E-state index contributed by atoms with van der Waals surface area (Å²) in [5.41, 5.74) is 0. The van der Waals surface area contributed by atoms with Gasteiger partial charge in [-0.15, -0.1) is 0 Å². The van der Waals surface area contributed by atoms with Gasteiger partial charge >= 0.3 is 5.97 Å². The van der Waals surface area contributed by atoms with Crippen LogP contribution in [0.2, 0.25) is 0 Å². The molecule has 38 heavy (non-hydrogen) atoms. The summed E-state index contributed by atoms with van der Waals surface area (Å²) in [6, 6.07) is 0. The Labute approximate surface area is 228 Å². The number of carboxylic acids is 1. The number of hydrogen-bond acceptors (Lipinski definition) is 7. The number of ketones is 1. The maximum Gasteiger partial charge on any atom is 0.303 e. The Morgan fingerprint density at radius 1 is 0.974 bits per heavy atom. The molecule has 0 aromatic heterocycles. The maximum absolute atomic E-state index is 12.8. The Hall–Kier alpha value is -1.32. The SMILES string of the molecule is CCCCC[C@@H](/C=C/[C@@H]1[C@@H](CC(=O)CCCCC(=O)O)[C@@H](O)C[C@H]1OC1CCCCO1)OC1CCCCO1. The smallest absolute Gasteiger partial charge is 0.303 e. The molecule has 2 N–H and O–H groups in total. The summed E-state index contributed by atoms with van der Waals surface area (Å²) in [5, 5.41) is 19.9. The van der Waals surface area contributed by atoms with Crippen molar-refractivity contribution >= 4 is 11.8 Å². The number of unbranched alkanes of at least 4 members (excludes halogenated alkanes) is 3. The molecular weight excluding hydrogens is 488 g/mol. The van der Waals surface area contributed by atoms with Crippen LogP contribution in [0.4, 0.5) is 0 Å². The summed E-state index contributed by atoms with van der Waals surface area (Å²) in [4.78, 5) is 23.6. The van der Waals surface area contributed by atoms with E-state index in [4.69, 9.17) is 24.1 Å². The van der Waals surface area contributed by atoms with E-state index in [2.05, 4.69) is 19.1 Å². The summed E-state index contributed by atoms with van der Waals surface area (Å²) in [6.07, 6.45) is 15.3. The van der Waals surface area contributed by atoms with E-state index in [9.17, 15) is 14.7 Å². The fraction of sp³-hybridized carbons (Fsp3) is 0.867. The molecule has 1 saturated carbocycles. The van der Waals surface area contributed by atoms with Gasteiger partial charge in [0.2, 0.25) is 0 Å². The van der Waals surface area contributed by atoms with Crippen molar-refractivity contribution in [1.29, 1.82) is 0 Å². The zero-order valence-corrected chi connectivity index (χ0v) is 23.3. The first-order valence-electron chi connectivity index (χ1n) is 15.1. The second-order valence-electron chi connectivity index (χ2n) is 11.2. The highest BCUT2D eigenvalue weighted by Gasteiger charge is 2.44. The lowest BCUT2D eigenvalue weighted by molar-refractivity contribution is -0.193. The van der Waals surface area contributed by atoms with Crippen molar-refractivity contribution in [1.82, 2.24) is 0 Å². The first-order valence-corrected chi connectivity index (χ1v) is 15.1. The van der Waals surface area contributed by atoms with Crippen LogP contribution in [0.15, 0.2) is 12.2 Å². The van der Waals surface area contributed by atoms with Gasteiger partial charge in [0.1, 0.15) is 5.78 Å². The molecule has 2 aliphatic heterocycles. The molecule has 2 saturated heterocycles. The number of carbonyl (C=O) groups is 2. The van der Waals surface area contributed by atoms with E-state index in [1.165, 1.54) is 0 Å². The second kappa shape index (κ2) is 17.4. The standard InChI is InChI=1S/C30H50O8/c1-2-3-4-12-23(37-29-14-7-9-18-35-29)16-17-24-25(20-22(31)11-5-6-13-28(33)34)26(32)21-27(24)38-30-15-8-10-19-36-30/h16-17,23-27,29-30,32H,2-15,18-21H2,1H3,(H,33,34)/b17-16+/t23-,24+,25+,26-,27+,29?,30?/m0/s1. The van der Waals surface area contributed by atoms with Gasteiger partial charge in [-0.05, 0) is 57.8 Å². The fourth-order valence-corrected chi connectivity index (χ4v) is 5.83. The summed E-state index contributed by atoms with van der Waals surface area (Å²) in [6.45, 7) is 3.61. The third-order valence-electron chi connectivity index (χ3n) is 8.02. The normalized spacial score (nSPS) is 31.0. The summed E-state index contributed by atoms with van der Waals surface area (Å²) in [7, 11) is 0. The van der Waals surface area contributed by atoms with Crippen LogP contribution in [0.3, 0.4) is 0 Å². The van der Waals surface area contributed by atoms with Crippen molar-refractivity contribution in [2.45, 2.75) is 141 Å². The number of carboxylic acid groups (broad SMARTS) is 1. The Balaban J connectivity index is 1.68. The lowest BCUT2D eigenvalue weighted by Gasteiger charge is -2.30. The highest BCUT2D eigenvalue weighted by molar-refractivity contribution is 5.78. The fourth-order valence-electron chi connectivity index (χ4n) is 5.83. The van der Waals surface area contributed by atoms with E-state index in [1.807, 2.05) is 0 Å². The number of ether oxygens (including phenoxy) is 4. The van der Waals surface area contributed by atoms with Gasteiger partial charge in [-0.3, -0.25) is 9.59 Å². The van der Waals surface area contributed by atoms with Crippen LogP contribution in [0, 0.1) is 11.8 Å². The zero-order valence-electron chi connectivity index (χ0n) is 23.3. The first-order chi connectivity index (χ1) is 18.5. The van der Waals surface area contributed by atoms with Gasteiger partial charge in [0, 0.05) is 50.7 Å². The third kappa shape index (κ3) is 11.0. The van der Waals surface area contributed by atoms with Crippen LogP contribution in [0.5, 0.6) is 0 Å². The molecule has 218 valence electrons. The highest BCUT2D eigenvalue weighted by atomic mass is 16.7. The van der Waals surface area contributed by atoms with Gasteiger partial charge in [-0.2, -0.15) is 0 Å². The number of hydrogen-bond donors (Lipinski definition) is 2. The molecule has 0 radical (unpaired) electrons. The topological polar surface area (TPSA) is 112 Å². The maximum atomic E-state index is 12.8. The monoisotopic (exact) mass is 538 g/mol. The van der Waals surface area contributed by atoms with E-state index >= 15 is 0 Å². The van der Waals surface area contributed by atoms with Gasteiger partial charge in [0.15, 0.2) is 12.6 Å². The second-order valence-corrected chi connectivity index (χ2v) is 11.2. The van der Waals surface area contributed by atoms with Crippen LogP contribution in [0.1, 0.15) is 110 Å². The predicted molar refractivity (Wildman–Crippen MR) is 144 cm³/mol. The molecule has 0 aromatic rings. The molecule has 0 spiro atoms. The number of rotatable bonds is 17. The average molecular weight is 539 g/mol. The molecule has 3 rings (SSSR count). The van der Waals surface area contributed by atoms with Crippen molar-refractivity contribution in [3.63, 3.8) is 0 Å². The molecule has 2 heterocycles. The van der Waals surface area contributed by atoms with Crippen molar-refractivity contribution in [3.05, 3.63) is 12.2 Å². The van der Waals surface area contributed by atoms with E-state index in [0.717, 1.165) is 70.8 Å². The first kappa shape index (κ1) is 31.2. The number of carbonyl (C=O) groups excluding carboxylic acids is 1. The summed E-state index contributed by atoms with van der Waals surface area (Å²) >= 11 is 0. The Morgan fingerprint density at radius 2 is 1.68 bits per heavy atom. The molecule has 8 heteroatoms. The minimum absolute atomic E-state index is 0.0683. The molecule has 7 atom stereocenters. The molecule has 2 unspecified atom stereocenters. The number of aliphatic carboxylic acids is 1. The number of Topliss-reactive ketones (excluding diaryl/α,β-unsaturated/α-hetero) is 1. The quantitative estimate of drug-likeness (QED) is 0.183. The van der Waals surface area contributed by atoms with Crippen LogP contribution in [-0.4, -0.2) is 66.1 Å². The molecule has 8 nitrogen and oxygen atoms in total. The zero-order chi connectivity index (χ0) is 27.2. The van der Waals surface area contributed by atoms with Gasteiger partial charge in [-0.1, -0.05) is 38.3 Å². The Morgan fingerprint density at radius 3 is 2.34 bits per heavy atom. The number of aliphatic hydroxyl groups is 1. The van der Waals surface area contributed by atoms with Crippen LogP contribution in [0.25, 0.3) is 0 Å². The van der Waals surface area contributed by atoms with Crippen LogP contribution >= 0.6 is 0 Å². The lowest BCUT2D eigenvalue weighted by atomic mass is 9.87. The average Bonchev–Trinajstić information content (AvgIpc) is 3.19. The van der Waals surface area contributed by atoms with Crippen LogP contribution < -0.4 is 0 Å². The van der Waals surface area contributed by atoms with Crippen molar-refractivity contribution in [3.8, 4) is 0 Å². The van der Waals surface area contributed by atoms with E-state index in [1.54, 1.807) is 0 Å². The largest absolute Gasteiger partial charge is 0.481 e. The number of aliphatic hydroxyl groups excluding tert-OH is 1. The van der Waals surface area contributed by atoms with Gasteiger partial charge < -0.3 is 29.2 Å². The molecular formula is C30H50O8.